The van der Waals surface area contributed by atoms with Crippen molar-refractivity contribution in [3.63, 3.8) is 0 Å². The number of carbonyl (C=O) groups excluding carboxylic acids is 1. The van der Waals surface area contributed by atoms with Gasteiger partial charge in [0.1, 0.15) is 0 Å². The fraction of sp³-hybridized carbons (Fsp3) is 0.917. The number of rotatable bonds is 9. The topological polar surface area (TPSA) is 73.6 Å². The first-order valence-electron chi connectivity index (χ1n) is 6.27. The quantitative estimate of drug-likeness (QED) is 0.592. The maximum absolute atomic E-state index is 11.6. The summed E-state index contributed by atoms with van der Waals surface area (Å²) in [5.74, 6) is 0.258. The molecule has 102 valence electrons. The number of hydrogen-bond donors (Lipinski definition) is 2. The predicted molar refractivity (Wildman–Crippen MR) is 67.5 cm³/mol. The van der Waals surface area contributed by atoms with Crippen molar-refractivity contribution in [1.82, 2.24) is 5.32 Å². The minimum atomic E-state index is -0.459. The van der Waals surface area contributed by atoms with Crippen LogP contribution in [-0.4, -0.2) is 38.0 Å². The lowest BCUT2D eigenvalue weighted by Crippen LogP contribution is -2.45. The van der Waals surface area contributed by atoms with Crippen LogP contribution in [0, 0.1) is 5.92 Å². The molecule has 0 aliphatic rings. The van der Waals surface area contributed by atoms with Gasteiger partial charge in [-0.15, -0.1) is 0 Å². The first-order chi connectivity index (χ1) is 8.01. The zero-order valence-electron chi connectivity index (χ0n) is 11.4. The maximum atomic E-state index is 11.6. The second kappa shape index (κ2) is 9.39. The van der Waals surface area contributed by atoms with Crippen molar-refractivity contribution in [2.45, 2.75) is 46.4 Å². The number of carbonyl (C=O) groups is 1. The fourth-order valence-corrected chi connectivity index (χ4v) is 1.47. The van der Waals surface area contributed by atoms with Gasteiger partial charge in [-0.3, -0.25) is 4.79 Å². The van der Waals surface area contributed by atoms with Gasteiger partial charge < -0.3 is 20.5 Å². The first-order valence-corrected chi connectivity index (χ1v) is 6.27. The second-order valence-electron chi connectivity index (χ2n) is 4.32. The van der Waals surface area contributed by atoms with Crippen LogP contribution in [0.4, 0.5) is 0 Å². The molecule has 0 heterocycles. The molecular formula is C12H26N2O3. The zero-order valence-corrected chi connectivity index (χ0v) is 11.4. The highest BCUT2D eigenvalue weighted by molar-refractivity contribution is 5.81. The molecule has 0 aromatic heterocycles. The van der Waals surface area contributed by atoms with Crippen molar-refractivity contribution < 1.29 is 14.3 Å². The van der Waals surface area contributed by atoms with E-state index in [0.29, 0.717) is 32.1 Å². The van der Waals surface area contributed by atoms with Gasteiger partial charge >= 0.3 is 0 Å². The van der Waals surface area contributed by atoms with Gasteiger partial charge in [-0.25, -0.2) is 0 Å². The van der Waals surface area contributed by atoms with Gasteiger partial charge in [0.15, 0.2) is 6.29 Å². The Morgan fingerprint density at radius 2 is 1.76 bits per heavy atom. The number of ether oxygens (including phenoxy) is 2. The average Bonchev–Trinajstić information content (AvgIpc) is 2.25. The molecule has 3 N–H and O–H groups in total. The van der Waals surface area contributed by atoms with Crippen molar-refractivity contribution in [2.24, 2.45) is 11.7 Å². The molecule has 1 unspecified atom stereocenters. The van der Waals surface area contributed by atoms with E-state index in [0.717, 1.165) is 0 Å². The van der Waals surface area contributed by atoms with Crippen LogP contribution in [-0.2, 0) is 14.3 Å². The summed E-state index contributed by atoms with van der Waals surface area (Å²) in [5.41, 5.74) is 5.76. The summed E-state index contributed by atoms with van der Waals surface area (Å²) in [7, 11) is 0. The predicted octanol–water partition coefficient (Wildman–Crippen LogP) is 0.875. The van der Waals surface area contributed by atoms with Gasteiger partial charge in [-0.1, -0.05) is 13.8 Å². The highest BCUT2D eigenvalue weighted by Gasteiger charge is 2.16. The molecule has 0 aliphatic carbocycles. The Morgan fingerprint density at radius 3 is 2.18 bits per heavy atom. The third-order valence-corrected chi connectivity index (χ3v) is 2.21. The maximum Gasteiger partial charge on any atom is 0.237 e. The van der Waals surface area contributed by atoms with Crippen molar-refractivity contribution in [1.29, 1.82) is 0 Å². The Hall–Kier alpha value is -0.650. The molecule has 1 amide bonds. The molecule has 5 nitrogen and oxygen atoms in total. The molecule has 1 atom stereocenters. The molecule has 0 saturated carbocycles. The summed E-state index contributed by atoms with van der Waals surface area (Å²) in [4.78, 5) is 11.6. The summed E-state index contributed by atoms with van der Waals surface area (Å²) in [5, 5.41) is 2.74. The Balaban J connectivity index is 3.93. The lowest BCUT2D eigenvalue weighted by atomic mass is 10.0. The minimum Gasteiger partial charge on any atom is -0.351 e. The van der Waals surface area contributed by atoms with E-state index in [4.69, 9.17) is 15.2 Å². The summed E-state index contributed by atoms with van der Waals surface area (Å²) in [6.07, 6.45) is 0.292. The highest BCUT2D eigenvalue weighted by Crippen LogP contribution is 2.02. The molecule has 0 bridgehead atoms. The Kier molecular flexibility index (Phi) is 9.03. The number of amides is 1. The van der Waals surface area contributed by atoms with Crippen LogP contribution in [0.5, 0.6) is 0 Å². The van der Waals surface area contributed by atoms with E-state index in [9.17, 15) is 4.79 Å². The van der Waals surface area contributed by atoms with Crippen LogP contribution < -0.4 is 11.1 Å². The van der Waals surface area contributed by atoms with Crippen molar-refractivity contribution in [3.8, 4) is 0 Å². The Morgan fingerprint density at radius 1 is 1.24 bits per heavy atom. The van der Waals surface area contributed by atoms with Gasteiger partial charge in [0, 0.05) is 13.2 Å². The minimum absolute atomic E-state index is 0.150. The molecule has 5 heteroatoms. The first kappa shape index (κ1) is 16.4. The zero-order chi connectivity index (χ0) is 13.3. The molecule has 0 fully saturated rings. The van der Waals surface area contributed by atoms with E-state index in [2.05, 4.69) is 5.32 Å². The van der Waals surface area contributed by atoms with E-state index in [1.807, 2.05) is 27.7 Å². The van der Waals surface area contributed by atoms with E-state index >= 15 is 0 Å². The van der Waals surface area contributed by atoms with E-state index in [1.165, 1.54) is 0 Å². The summed E-state index contributed by atoms with van der Waals surface area (Å²) >= 11 is 0. The van der Waals surface area contributed by atoms with Crippen LogP contribution >= 0.6 is 0 Å². The highest BCUT2D eigenvalue weighted by atomic mass is 16.7. The van der Waals surface area contributed by atoms with Gasteiger partial charge in [-0.2, -0.15) is 0 Å². The molecule has 0 saturated heterocycles. The Bertz CT molecular complexity index is 204. The van der Waals surface area contributed by atoms with Crippen molar-refractivity contribution in [3.05, 3.63) is 0 Å². The Labute approximate surface area is 104 Å². The summed E-state index contributed by atoms with van der Waals surface area (Å²) in [6, 6.07) is -0.459. The normalized spacial score (nSPS) is 13.1. The molecule has 0 aliphatic heterocycles. The largest absolute Gasteiger partial charge is 0.351 e. The monoisotopic (exact) mass is 246 g/mol. The van der Waals surface area contributed by atoms with Gasteiger partial charge in [0.25, 0.3) is 0 Å². The second-order valence-corrected chi connectivity index (χ2v) is 4.32. The summed E-state index contributed by atoms with van der Waals surface area (Å²) < 4.78 is 10.6. The lowest BCUT2D eigenvalue weighted by molar-refractivity contribution is -0.141. The SMILES string of the molecule is CCOC(CNC(=O)C(N)CC(C)C)OCC. The number of nitrogens with two attached hydrogens (primary N) is 1. The van der Waals surface area contributed by atoms with Gasteiger partial charge in [0.05, 0.1) is 12.6 Å². The lowest BCUT2D eigenvalue weighted by Gasteiger charge is -2.19. The average molecular weight is 246 g/mol. The molecule has 17 heavy (non-hydrogen) atoms. The standard InChI is InChI=1S/C12H26N2O3/c1-5-16-11(17-6-2)8-14-12(15)10(13)7-9(3)4/h9-11H,5-8,13H2,1-4H3,(H,14,15). The van der Waals surface area contributed by atoms with Crippen molar-refractivity contribution in [2.75, 3.05) is 19.8 Å². The van der Waals surface area contributed by atoms with Crippen LogP contribution in [0.2, 0.25) is 0 Å². The van der Waals surface area contributed by atoms with Gasteiger partial charge in [0.2, 0.25) is 5.91 Å². The third kappa shape index (κ3) is 8.12. The van der Waals surface area contributed by atoms with Gasteiger partial charge in [-0.05, 0) is 26.2 Å². The number of hydrogen-bond acceptors (Lipinski definition) is 4. The molecule has 0 spiro atoms. The van der Waals surface area contributed by atoms with E-state index in [-0.39, 0.29) is 12.2 Å². The van der Waals surface area contributed by atoms with E-state index in [1.54, 1.807) is 0 Å². The molecule has 0 rings (SSSR count). The molecular weight excluding hydrogens is 220 g/mol. The molecule has 0 aromatic rings. The molecule has 0 aromatic carbocycles. The van der Waals surface area contributed by atoms with Crippen LogP contribution in [0.3, 0.4) is 0 Å². The van der Waals surface area contributed by atoms with Crippen molar-refractivity contribution >= 4 is 5.91 Å². The number of nitrogens with one attached hydrogen (secondary N) is 1. The fourth-order valence-electron chi connectivity index (χ4n) is 1.47. The summed E-state index contributed by atoms with van der Waals surface area (Å²) in [6.45, 7) is 9.30. The van der Waals surface area contributed by atoms with Crippen LogP contribution in [0.25, 0.3) is 0 Å². The van der Waals surface area contributed by atoms with Crippen LogP contribution in [0.15, 0.2) is 0 Å². The third-order valence-electron chi connectivity index (χ3n) is 2.21. The molecule has 0 radical (unpaired) electrons. The smallest absolute Gasteiger partial charge is 0.237 e. The van der Waals surface area contributed by atoms with Crippen LogP contribution in [0.1, 0.15) is 34.1 Å². The van der Waals surface area contributed by atoms with E-state index < -0.39 is 6.04 Å².